The molecular formula is C19H23N3O6S. The van der Waals surface area contributed by atoms with Crippen LogP contribution in [0.3, 0.4) is 0 Å². The number of carbonyl (C=O) groups is 2. The average Bonchev–Trinajstić information content (AvgIpc) is 3.14. The molecule has 0 unspecified atom stereocenters. The van der Waals surface area contributed by atoms with Crippen LogP contribution in [-0.2, 0) is 25.5 Å². The molecule has 0 bridgehead atoms. The number of nitrogens with zero attached hydrogens (tertiary/aromatic N) is 2. The third-order valence-corrected chi connectivity index (χ3v) is 4.21. The minimum Gasteiger partial charge on any atom is -0.493 e. The van der Waals surface area contributed by atoms with E-state index in [0.717, 1.165) is 0 Å². The smallest absolute Gasteiger partial charge is 0.344 e. The van der Waals surface area contributed by atoms with Gasteiger partial charge in [-0.3, -0.25) is 10.2 Å². The number of benzene rings is 1. The number of anilines is 1. The van der Waals surface area contributed by atoms with E-state index in [4.69, 9.17) is 18.9 Å². The molecule has 1 heterocycles. The van der Waals surface area contributed by atoms with E-state index < -0.39 is 5.97 Å². The molecule has 2 rings (SSSR count). The summed E-state index contributed by atoms with van der Waals surface area (Å²) in [5.74, 6) is 0.0314. The van der Waals surface area contributed by atoms with Crippen LogP contribution in [-0.4, -0.2) is 50.1 Å². The second-order valence-electron chi connectivity index (χ2n) is 5.47. The molecule has 1 aromatic heterocycles. The monoisotopic (exact) mass is 421 g/mol. The van der Waals surface area contributed by atoms with Crippen molar-refractivity contribution in [3.8, 4) is 11.5 Å². The Balaban J connectivity index is 2.03. The summed E-state index contributed by atoms with van der Waals surface area (Å²) in [5, 5.41) is 6.43. The normalized spacial score (nSPS) is 10.6. The van der Waals surface area contributed by atoms with Gasteiger partial charge in [0.25, 0.3) is 0 Å². The molecule has 156 valence electrons. The zero-order chi connectivity index (χ0) is 21.1. The number of carbonyl (C=O) groups excluding carboxylic acids is 2. The lowest BCUT2D eigenvalue weighted by Crippen LogP contribution is -2.15. The van der Waals surface area contributed by atoms with Crippen molar-refractivity contribution in [3.63, 3.8) is 0 Å². The number of aromatic nitrogens is 1. The maximum atomic E-state index is 11.6. The van der Waals surface area contributed by atoms with Gasteiger partial charge in [0.1, 0.15) is 0 Å². The molecule has 0 amide bonds. The molecule has 0 aliphatic carbocycles. The number of methoxy groups -OCH3 is 1. The second-order valence-corrected chi connectivity index (χ2v) is 6.33. The Hall–Kier alpha value is -3.14. The molecule has 9 nitrogen and oxygen atoms in total. The van der Waals surface area contributed by atoms with E-state index in [2.05, 4.69) is 15.5 Å². The van der Waals surface area contributed by atoms with Gasteiger partial charge in [-0.25, -0.2) is 9.78 Å². The Morgan fingerprint density at radius 2 is 1.97 bits per heavy atom. The van der Waals surface area contributed by atoms with Gasteiger partial charge in [0.2, 0.25) is 5.13 Å². The molecule has 1 aromatic carbocycles. The Morgan fingerprint density at radius 1 is 1.21 bits per heavy atom. The summed E-state index contributed by atoms with van der Waals surface area (Å²) in [4.78, 5) is 27.4. The fourth-order valence-corrected chi connectivity index (χ4v) is 2.90. The van der Waals surface area contributed by atoms with E-state index in [0.29, 0.717) is 34.5 Å². The standard InChI is InChI=1S/C19H23N3O6S/c1-4-26-16(23)9-14-12-29-19(21-14)22-20-10-13-7-6-8-15(25-3)18(13)28-11-17(24)27-5-2/h6-8,10,12H,4-5,9,11H2,1-3H3,(H,21,22). The highest BCUT2D eigenvalue weighted by Crippen LogP contribution is 2.30. The number of ether oxygens (including phenoxy) is 4. The van der Waals surface area contributed by atoms with Crippen molar-refractivity contribution in [3.05, 3.63) is 34.8 Å². The molecule has 0 radical (unpaired) electrons. The fraction of sp³-hybridized carbons (Fsp3) is 0.368. The van der Waals surface area contributed by atoms with E-state index >= 15 is 0 Å². The van der Waals surface area contributed by atoms with Gasteiger partial charge in [-0.15, -0.1) is 11.3 Å². The first kappa shape index (κ1) is 22.2. The van der Waals surface area contributed by atoms with Gasteiger partial charge in [0, 0.05) is 10.9 Å². The molecule has 0 saturated carbocycles. The van der Waals surface area contributed by atoms with Crippen molar-refractivity contribution >= 4 is 34.6 Å². The first-order valence-electron chi connectivity index (χ1n) is 8.91. The lowest BCUT2D eigenvalue weighted by Gasteiger charge is -2.12. The second kappa shape index (κ2) is 11.6. The van der Waals surface area contributed by atoms with Gasteiger partial charge in [-0.05, 0) is 26.0 Å². The number of rotatable bonds is 11. The van der Waals surface area contributed by atoms with Crippen molar-refractivity contribution in [1.29, 1.82) is 0 Å². The lowest BCUT2D eigenvalue weighted by atomic mass is 10.2. The van der Waals surface area contributed by atoms with E-state index in [1.165, 1.54) is 24.7 Å². The molecule has 1 N–H and O–H groups in total. The van der Waals surface area contributed by atoms with E-state index in [1.807, 2.05) is 0 Å². The highest BCUT2D eigenvalue weighted by molar-refractivity contribution is 7.13. The number of esters is 2. The van der Waals surface area contributed by atoms with Gasteiger partial charge in [0.05, 0.1) is 38.7 Å². The molecular weight excluding hydrogens is 398 g/mol. The minimum atomic E-state index is -0.476. The van der Waals surface area contributed by atoms with Crippen molar-refractivity contribution < 1.29 is 28.5 Å². The number of hydrazone groups is 1. The van der Waals surface area contributed by atoms with E-state index in [9.17, 15) is 9.59 Å². The number of hydrogen-bond acceptors (Lipinski definition) is 10. The van der Waals surface area contributed by atoms with Crippen molar-refractivity contribution in [1.82, 2.24) is 4.98 Å². The summed E-state index contributed by atoms with van der Waals surface area (Å²) in [7, 11) is 1.51. The van der Waals surface area contributed by atoms with Crippen molar-refractivity contribution in [2.45, 2.75) is 20.3 Å². The van der Waals surface area contributed by atoms with Crippen LogP contribution in [0.15, 0.2) is 28.7 Å². The number of para-hydroxylation sites is 1. The molecule has 0 saturated heterocycles. The van der Waals surface area contributed by atoms with Crippen LogP contribution in [0.1, 0.15) is 25.1 Å². The highest BCUT2D eigenvalue weighted by atomic mass is 32.1. The molecule has 2 aromatic rings. The molecule has 0 aliphatic heterocycles. The van der Waals surface area contributed by atoms with Crippen molar-refractivity contribution in [2.24, 2.45) is 5.10 Å². The summed E-state index contributed by atoms with van der Waals surface area (Å²) in [6.45, 7) is 3.84. The van der Waals surface area contributed by atoms with Crippen LogP contribution in [0.2, 0.25) is 0 Å². The van der Waals surface area contributed by atoms with Crippen LogP contribution >= 0.6 is 11.3 Å². The Bertz CT molecular complexity index is 852. The van der Waals surface area contributed by atoms with Gasteiger partial charge in [-0.1, -0.05) is 6.07 Å². The third-order valence-electron chi connectivity index (χ3n) is 3.42. The lowest BCUT2D eigenvalue weighted by molar-refractivity contribution is -0.145. The van der Waals surface area contributed by atoms with E-state index in [1.54, 1.807) is 37.4 Å². The van der Waals surface area contributed by atoms with Gasteiger partial charge in [0.15, 0.2) is 18.1 Å². The zero-order valence-corrected chi connectivity index (χ0v) is 17.3. The van der Waals surface area contributed by atoms with Gasteiger partial charge < -0.3 is 18.9 Å². The first-order chi connectivity index (χ1) is 14.1. The quantitative estimate of drug-likeness (QED) is 0.335. The third kappa shape index (κ3) is 7.07. The minimum absolute atomic E-state index is 0.109. The Morgan fingerprint density at radius 3 is 2.69 bits per heavy atom. The largest absolute Gasteiger partial charge is 0.493 e. The Labute approximate surface area is 172 Å². The SMILES string of the molecule is CCOC(=O)COc1c(C=NNc2nc(CC(=O)OCC)cs2)cccc1OC. The average molecular weight is 421 g/mol. The summed E-state index contributed by atoms with van der Waals surface area (Å²) < 4.78 is 20.6. The predicted octanol–water partition coefficient (Wildman–Crippen LogP) is 2.65. The van der Waals surface area contributed by atoms with Gasteiger partial charge >= 0.3 is 11.9 Å². The zero-order valence-electron chi connectivity index (χ0n) is 16.5. The summed E-state index contributed by atoms with van der Waals surface area (Å²) >= 11 is 1.32. The van der Waals surface area contributed by atoms with Crippen LogP contribution in [0, 0.1) is 0 Å². The van der Waals surface area contributed by atoms with Crippen LogP contribution in [0.25, 0.3) is 0 Å². The van der Waals surface area contributed by atoms with Crippen LogP contribution < -0.4 is 14.9 Å². The van der Waals surface area contributed by atoms with Crippen molar-refractivity contribution in [2.75, 3.05) is 32.4 Å². The number of nitrogens with one attached hydrogen (secondary N) is 1. The summed E-state index contributed by atoms with van der Waals surface area (Å²) in [6, 6.07) is 5.26. The topological polar surface area (TPSA) is 108 Å². The molecule has 0 atom stereocenters. The maximum absolute atomic E-state index is 11.6. The summed E-state index contributed by atoms with van der Waals surface area (Å²) in [6.07, 6.45) is 1.63. The maximum Gasteiger partial charge on any atom is 0.344 e. The fourth-order valence-electron chi connectivity index (χ4n) is 2.24. The predicted molar refractivity (Wildman–Crippen MR) is 109 cm³/mol. The molecule has 0 fully saturated rings. The summed E-state index contributed by atoms with van der Waals surface area (Å²) in [5.41, 5.74) is 4.01. The highest BCUT2D eigenvalue weighted by Gasteiger charge is 2.12. The Kier molecular flexibility index (Phi) is 8.90. The van der Waals surface area contributed by atoms with E-state index in [-0.39, 0.29) is 25.6 Å². The molecule has 0 spiro atoms. The van der Waals surface area contributed by atoms with Crippen LogP contribution in [0.4, 0.5) is 5.13 Å². The molecule has 10 heteroatoms. The van der Waals surface area contributed by atoms with Crippen LogP contribution in [0.5, 0.6) is 11.5 Å². The van der Waals surface area contributed by atoms with Gasteiger partial charge in [-0.2, -0.15) is 5.10 Å². The first-order valence-corrected chi connectivity index (χ1v) is 9.79. The number of thiazole rings is 1. The molecule has 29 heavy (non-hydrogen) atoms. The molecule has 0 aliphatic rings. The number of hydrogen-bond donors (Lipinski definition) is 1.